The van der Waals surface area contributed by atoms with Crippen LogP contribution in [0.25, 0.3) is 0 Å². The van der Waals surface area contributed by atoms with Crippen molar-refractivity contribution in [2.24, 2.45) is 0 Å². The van der Waals surface area contributed by atoms with E-state index in [0.717, 1.165) is 11.1 Å². The number of benzene rings is 1. The summed E-state index contributed by atoms with van der Waals surface area (Å²) in [5, 5.41) is 1.33. The van der Waals surface area contributed by atoms with Gasteiger partial charge in [-0.2, -0.15) is 0 Å². The van der Waals surface area contributed by atoms with Crippen LogP contribution < -0.4 is 10.2 Å². The molecule has 0 spiro atoms. The molecule has 0 radical (unpaired) electrons. The molecule has 0 saturated heterocycles. The highest BCUT2D eigenvalue weighted by atomic mass is 35.5. The molecular weight excluding hydrogens is 373 g/mol. The van der Waals surface area contributed by atoms with E-state index in [9.17, 15) is 14.0 Å². The molecule has 0 saturated carbocycles. The molecule has 144 valence electrons. The zero-order valence-corrected chi connectivity index (χ0v) is 16.3. The Morgan fingerprint density at radius 3 is 2.59 bits per heavy atom. The number of carbonyl (C=O) groups excluding carboxylic acids is 2. The summed E-state index contributed by atoms with van der Waals surface area (Å²) in [4.78, 5) is 29.7. The molecule has 8 heteroatoms. The lowest BCUT2D eigenvalue weighted by Gasteiger charge is -2.35. The maximum atomic E-state index is 14.0. The maximum absolute atomic E-state index is 14.0. The van der Waals surface area contributed by atoms with Crippen molar-refractivity contribution in [1.29, 1.82) is 0 Å². The van der Waals surface area contributed by atoms with Crippen LogP contribution in [-0.2, 0) is 0 Å². The van der Waals surface area contributed by atoms with Crippen LogP contribution in [0.4, 0.5) is 4.39 Å². The number of amides is 2. The molecule has 2 rings (SSSR count). The minimum atomic E-state index is -0.804. The molecule has 0 aliphatic carbocycles. The highest BCUT2D eigenvalue weighted by Crippen LogP contribution is 2.22. The van der Waals surface area contributed by atoms with Crippen molar-refractivity contribution in [2.75, 3.05) is 6.61 Å². The molecular formula is C19H21ClFN3O3. The summed E-state index contributed by atoms with van der Waals surface area (Å²) < 4.78 is 19.4. The van der Waals surface area contributed by atoms with Crippen molar-refractivity contribution in [1.82, 2.24) is 15.4 Å². The normalized spacial score (nSPS) is 11.0. The second-order valence-corrected chi connectivity index (χ2v) is 7.10. The van der Waals surface area contributed by atoms with Gasteiger partial charge < -0.3 is 4.74 Å². The molecule has 1 aromatic carbocycles. The van der Waals surface area contributed by atoms with Gasteiger partial charge in [0.05, 0.1) is 17.7 Å². The molecule has 2 aromatic rings. The second-order valence-electron chi connectivity index (χ2n) is 6.67. The van der Waals surface area contributed by atoms with Gasteiger partial charge in [-0.05, 0) is 58.0 Å². The van der Waals surface area contributed by atoms with Crippen LogP contribution in [-0.4, -0.2) is 34.0 Å². The van der Waals surface area contributed by atoms with Crippen LogP contribution in [0.3, 0.4) is 0 Å². The molecule has 1 N–H and O–H groups in total. The predicted octanol–water partition coefficient (Wildman–Crippen LogP) is 3.86. The van der Waals surface area contributed by atoms with Crippen LogP contribution in [0.2, 0.25) is 5.02 Å². The first-order valence-electron chi connectivity index (χ1n) is 8.33. The Labute approximate surface area is 162 Å². The number of hydrogen-bond donors (Lipinski definition) is 1. The number of nitrogens with one attached hydrogen (secondary N) is 1. The first-order chi connectivity index (χ1) is 12.6. The average Bonchev–Trinajstić information content (AvgIpc) is 2.60. The van der Waals surface area contributed by atoms with Gasteiger partial charge in [0, 0.05) is 11.2 Å². The van der Waals surface area contributed by atoms with Crippen molar-refractivity contribution in [3.8, 4) is 5.88 Å². The third-order valence-electron chi connectivity index (χ3n) is 3.54. The topological polar surface area (TPSA) is 71.5 Å². The summed E-state index contributed by atoms with van der Waals surface area (Å²) in [5.41, 5.74) is 1.59. The van der Waals surface area contributed by atoms with Crippen molar-refractivity contribution >= 4 is 23.4 Å². The van der Waals surface area contributed by atoms with Gasteiger partial charge in [0.25, 0.3) is 11.8 Å². The fraction of sp³-hybridized carbons (Fsp3) is 0.316. The van der Waals surface area contributed by atoms with Gasteiger partial charge in [0.1, 0.15) is 11.4 Å². The van der Waals surface area contributed by atoms with E-state index < -0.39 is 23.2 Å². The number of aromatic nitrogens is 1. The van der Waals surface area contributed by atoms with E-state index in [1.54, 1.807) is 39.8 Å². The van der Waals surface area contributed by atoms with Gasteiger partial charge in [-0.15, -0.1) is 0 Å². The summed E-state index contributed by atoms with van der Waals surface area (Å²) in [5.74, 6) is -1.91. The molecule has 6 nitrogen and oxygen atoms in total. The smallest absolute Gasteiger partial charge is 0.278 e. The molecule has 2 amide bonds. The quantitative estimate of drug-likeness (QED) is 0.800. The number of hydrazine groups is 1. The number of hydrogen-bond acceptors (Lipinski definition) is 4. The standard InChI is InChI=1S/C19H21ClFN3O3/c1-5-27-17-13(7-6-10-22-17)18(26)24(19(2,3)4)23-16(25)14-11-12(20)8-9-15(14)21/h6-11H,5H2,1-4H3,(H,23,25). The van der Waals surface area contributed by atoms with Crippen LogP contribution in [0.1, 0.15) is 48.4 Å². The van der Waals surface area contributed by atoms with Crippen LogP contribution >= 0.6 is 11.6 Å². The van der Waals surface area contributed by atoms with E-state index in [1.807, 2.05) is 0 Å². The Hall–Kier alpha value is -2.67. The number of rotatable bonds is 4. The number of halogens is 2. The van der Waals surface area contributed by atoms with Crippen LogP contribution in [0.15, 0.2) is 36.5 Å². The Morgan fingerprint density at radius 1 is 1.26 bits per heavy atom. The molecule has 0 aliphatic rings. The fourth-order valence-electron chi connectivity index (χ4n) is 2.28. The van der Waals surface area contributed by atoms with Crippen molar-refractivity contribution in [3.63, 3.8) is 0 Å². The van der Waals surface area contributed by atoms with E-state index in [4.69, 9.17) is 16.3 Å². The van der Waals surface area contributed by atoms with Crippen molar-refractivity contribution in [2.45, 2.75) is 33.2 Å². The molecule has 0 fully saturated rings. The van der Waals surface area contributed by atoms with Crippen LogP contribution in [0.5, 0.6) is 5.88 Å². The summed E-state index contributed by atoms with van der Waals surface area (Å²) in [7, 11) is 0. The Kier molecular flexibility index (Phi) is 6.38. The lowest BCUT2D eigenvalue weighted by Crippen LogP contribution is -2.56. The lowest BCUT2D eigenvalue weighted by atomic mass is 10.1. The molecule has 0 aliphatic heterocycles. The first kappa shape index (κ1) is 20.6. The predicted molar refractivity (Wildman–Crippen MR) is 100 cm³/mol. The molecule has 0 unspecified atom stereocenters. The van der Waals surface area contributed by atoms with E-state index in [0.29, 0.717) is 6.61 Å². The SMILES string of the molecule is CCOc1ncccc1C(=O)N(NC(=O)c1cc(Cl)ccc1F)C(C)(C)C. The van der Waals surface area contributed by atoms with E-state index in [-0.39, 0.29) is 22.0 Å². The number of nitrogens with zero attached hydrogens (tertiary/aromatic N) is 2. The lowest BCUT2D eigenvalue weighted by molar-refractivity contribution is 0.0353. The minimum Gasteiger partial charge on any atom is -0.477 e. The van der Waals surface area contributed by atoms with Crippen molar-refractivity contribution in [3.05, 3.63) is 58.5 Å². The molecule has 0 atom stereocenters. The van der Waals surface area contributed by atoms with Gasteiger partial charge in [0.2, 0.25) is 5.88 Å². The van der Waals surface area contributed by atoms with E-state index in [2.05, 4.69) is 10.4 Å². The first-order valence-corrected chi connectivity index (χ1v) is 8.71. The highest BCUT2D eigenvalue weighted by Gasteiger charge is 2.32. The van der Waals surface area contributed by atoms with Crippen molar-refractivity contribution < 1.29 is 18.7 Å². The second kappa shape index (κ2) is 8.35. The largest absolute Gasteiger partial charge is 0.477 e. The average molecular weight is 394 g/mol. The number of ether oxygens (including phenoxy) is 1. The minimum absolute atomic E-state index is 0.155. The summed E-state index contributed by atoms with van der Waals surface area (Å²) in [6.07, 6.45) is 1.50. The number of carbonyl (C=O) groups is 2. The third kappa shape index (κ3) is 4.95. The van der Waals surface area contributed by atoms with Crippen LogP contribution in [0, 0.1) is 5.82 Å². The molecule has 0 bridgehead atoms. The van der Waals surface area contributed by atoms with Gasteiger partial charge in [-0.1, -0.05) is 11.6 Å². The van der Waals surface area contributed by atoms with E-state index in [1.165, 1.54) is 18.3 Å². The molecule has 1 heterocycles. The van der Waals surface area contributed by atoms with E-state index >= 15 is 0 Å². The maximum Gasteiger partial charge on any atom is 0.278 e. The summed E-state index contributed by atoms with van der Waals surface area (Å²) >= 11 is 5.85. The van der Waals surface area contributed by atoms with Gasteiger partial charge in [-0.3, -0.25) is 15.0 Å². The fourth-order valence-corrected chi connectivity index (χ4v) is 2.45. The number of pyridine rings is 1. The van der Waals surface area contributed by atoms with Gasteiger partial charge in [-0.25, -0.2) is 14.4 Å². The third-order valence-corrected chi connectivity index (χ3v) is 3.78. The summed E-state index contributed by atoms with van der Waals surface area (Å²) in [6, 6.07) is 6.77. The monoisotopic (exact) mass is 393 g/mol. The molecule has 1 aromatic heterocycles. The Morgan fingerprint density at radius 2 is 1.96 bits per heavy atom. The zero-order valence-electron chi connectivity index (χ0n) is 15.5. The highest BCUT2D eigenvalue weighted by molar-refractivity contribution is 6.31. The molecule has 27 heavy (non-hydrogen) atoms. The Bertz CT molecular complexity index is 852. The summed E-state index contributed by atoms with van der Waals surface area (Å²) in [6.45, 7) is 7.30. The van der Waals surface area contributed by atoms with Gasteiger partial charge in [0.15, 0.2) is 0 Å². The zero-order chi connectivity index (χ0) is 20.2. The Balaban J connectivity index is 2.38. The van der Waals surface area contributed by atoms with Gasteiger partial charge >= 0.3 is 0 Å².